The van der Waals surface area contributed by atoms with Gasteiger partial charge in [0.05, 0.1) is 16.8 Å². The molecule has 0 spiro atoms. The van der Waals surface area contributed by atoms with Crippen LogP contribution in [0.15, 0.2) is 48.5 Å². The van der Waals surface area contributed by atoms with E-state index in [1.807, 2.05) is 53.4 Å². The Morgan fingerprint density at radius 3 is 2.82 bits per heavy atom. The molecule has 1 aromatic heterocycles. The summed E-state index contributed by atoms with van der Waals surface area (Å²) in [6.07, 6.45) is 3.31. The van der Waals surface area contributed by atoms with Crippen molar-refractivity contribution in [3.05, 3.63) is 54.1 Å². The van der Waals surface area contributed by atoms with Crippen molar-refractivity contribution >= 4 is 16.8 Å². The summed E-state index contributed by atoms with van der Waals surface area (Å²) in [4.78, 5) is 20.3. The van der Waals surface area contributed by atoms with Gasteiger partial charge in [0.2, 0.25) is 6.79 Å². The van der Waals surface area contributed by atoms with Gasteiger partial charge in [-0.25, -0.2) is 4.98 Å². The van der Waals surface area contributed by atoms with E-state index in [0.717, 1.165) is 47.3 Å². The van der Waals surface area contributed by atoms with E-state index < -0.39 is 0 Å². The lowest BCUT2D eigenvalue weighted by Gasteiger charge is -2.33. The molecule has 5 nitrogen and oxygen atoms in total. The lowest BCUT2D eigenvalue weighted by atomic mass is 9.99. The molecule has 28 heavy (non-hydrogen) atoms. The normalized spacial score (nSPS) is 18.5. The topological polar surface area (TPSA) is 51.7 Å². The number of likely N-dealkylation sites (tertiary alicyclic amines) is 1. The van der Waals surface area contributed by atoms with Crippen LogP contribution in [0.1, 0.15) is 36.5 Å². The second-order valence-corrected chi connectivity index (χ2v) is 7.48. The SMILES string of the molecule is CC1CCCCN1C(=O)c1cc(-c2ccc3c(c2)OCO3)nc2ccccc12. The molecule has 0 saturated carbocycles. The lowest BCUT2D eigenvalue weighted by molar-refractivity contribution is 0.0637. The predicted octanol–water partition coefficient (Wildman–Crippen LogP) is 4.65. The van der Waals surface area contributed by atoms with Crippen molar-refractivity contribution in [2.24, 2.45) is 0 Å². The standard InChI is InChI=1S/C23H22N2O3/c1-15-6-4-5-11-25(15)23(26)18-13-20(24-19-8-3-2-7-17(18)19)16-9-10-21-22(12-16)28-14-27-21/h2-3,7-10,12-13,15H,4-6,11,14H2,1H3. The number of benzene rings is 2. The number of hydrogen-bond acceptors (Lipinski definition) is 4. The van der Waals surface area contributed by atoms with Crippen LogP contribution in [0.2, 0.25) is 0 Å². The van der Waals surface area contributed by atoms with Crippen molar-refractivity contribution in [3.63, 3.8) is 0 Å². The Bertz CT molecular complexity index is 1060. The maximum absolute atomic E-state index is 13.4. The zero-order valence-corrected chi connectivity index (χ0v) is 15.9. The number of amides is 1. The second-order valence-electron chi connectivity index (χ2n) is 7.48. The minimum absolute atomic E-state index is 0.0905. The third-order valence-electron chi connectivity index (χ3n) is 5.68. The molecule has 1 amide bonds. The molecule has 1 fully saturated rings. The molecular formula is C23H22N2O3. The Labute approximate surface area is 163 Å². The quantitative estimate of drug-likeness (QED) is 0.655. The monoisotopic (exact) mass is 374 g/mol. The van der Waals surface area contributed by atoms with Crippen molar-refractivity contribution in [3.8, 4) is 22.8 Å². The summed E-state index contributed by atoms with van der Waals surface area (Å²) in [6, 6.07) is 15.8. The van der Waals surface area contributed by atoms with Gasteiger partial charge in [-0.05, 0) is 56.5 Å². The van der Waals surface area contributed by atoms with Crippen LogP contribution in [0.25, 0.3) is 22.2 Å². The first-order valence-corrected chi connectivity index (χ1v) is 9.81. The van der Waals surface area contributed by atoms with Gasteiger partial charge in [-0.1, -0.05) is 18.2 Å². The molecule has 2 aliphatic heterocycles. The van der Waals surface area contributed by atoms with Crippen LogP contribution in [-0.2, 0) is 0 Å². The highest BCUT2D eigenvalue weighted by atomic mass is 16.7. The maximum atomic E-state index is 13.4. The van der Waals surface area contributed by atoms with Crippen LogP contribution in [0.3, 0.4) is 0 Å². The van der Waals surface area contributed by atoms with Crippen molar-refractivity contribution in [1.82, 2.24) is 9.88 Å². The fourth-order valence-corrected chi connectivity index (χ4v) is 4.11. The maximum Gasteiger partial charge on any atom is 0.254 e. The Hall–Kier alpha value is -3.08. The lowest BCUT2D eigenvalue weighted by Crippen LogP contribution is -2.42. The van der Waals surface area contributed by atoms with E-state index in [1.165, 1.54) is 6.42 Å². The van der Waals surface area contributed by atoms with E-state index in [0.29, 0.717) is 11.3 Å². The molecular weight excluding hydrogens is 352 g/mol. The average molecular weight is 374 g/mol. The Balaban J connectivity index is 1.63. The first kappa shape index (κ1) is 17.0. The number of aromatic nitrogens is 1. The highest BCUT2D eigenvalue weighted by Gasteiger charge is 2.26. The molecule has 0 bridgehead atoms. The number of nitrogens with zero attached hydrogens (tertiary/aromatic N) is 2. The van der Waals surface area contributed by atoms with Gasteiger partial charge in [0.15, 0.2) is 11.5 Å². The zero-order valence-electron chi connectivity index (χ0n) is 15.9. The molecule has 1 saturated heterocycles. The number of fused-ring (bicyclic) bond motifs is 2. The highest BCUT2D eigenvalue weighted by Crippen LogP contribution is 2.36. The van der Waals surface area contributed by atoms with Gasteiger partial charge < -0.3 is 14.4 Å². The molecule has 2 aliphatic rings. The molecule has 3 aromatic rings. The van der Waals surface area contributed by atoms with Gasteiger partial charge in [-0.15, -0.1) is 0 Å². The number of rotatable bonds is 2. The van der Waals surface area contributed by atoms with E-state index in [9.17, 15) is 4.79 Å². The second kappa shape index (κ2) is 6.82. The molecule has 5 rings (SSSR count). The summed E-state index contributed by atoms with van der Waals surface area (Å²) < 4.78 is 10.9. The number of pyridine rings is 1. The number of carbonyl (C=O) groups is 1. The van der Waals surface area contributed by atoms with Crippen LogP contribution in [0, 0.1) is 0 Å². The minimum Gasteiger partial charge on any atom is -0.454 e. The van der Waals surface area contributed by atoms with Gasteiger partial charge in [-0.3, -0.25) is 4.79 Å². The van der Waals surface area contributed by atoms with Crippen molar-refractivity contribution in [2.75, 3.05) is 13.3 Å². The fourth-order valence-electron chi connectivity index (χ4n) is 4.11. The molecule has 3 heterocycles. The third kappa shape index (κ3) is 2.87. The number of para-hydroxylation sites is 1. The zero-order chi connectivity index (χ0) is 19.1. The summed E-state index contributed by atoms with van der Waals surface area (Å²) in [6.45, 7) is 3.19. The molecule has 0 aliphatic carbocycles. The largest absolute Gasteiger partial charge is 0.454 e. The van der Waals surface area contributed by atoms with E-state index in [-0.39, 0.29) is 18.7 Å². The molecule has 1 unspecified atom stereocenters. The van der Waals surface area contributed by atoms with Gasteiger partial charge in [0, 0.05) is 23.5 Å². The molecule has 142 valence electrons. The summed E-state index contributed by atoms with van der Waals surface area (Å²) in [5.74, 6) is 1.54. The van der Waals surface area contributed by atoms with Gasteiger partial charge in [-0.2, -0.15) is 0 Å². The molecule has 0 radical (unpaired) electrons. The number of piperidine rings is 1. The first-order chi connectivity index (χ1) is 13.7. The van der Waals surface area contributed by atoms with Crippen LogP contribution in [0.5, 0.6) is 11.5 Å². The van der Waals surface area contributed by atoms with Crippen LogP contribution in [-0.4, -0.2) is 35.2 Å². The average Bonchev–Trinajstić information content (AvgIpc) is 3.20. The van der Waals surface area contributed by atoms with Gasteiger partial charge in [0.1, 0.15) is 0 Å². The van der Waals surface area contributed by atoms with Gasteiger partial charge in [0.25, 0.3) is 5.91 Å². The number of ether oxygens (including phenoxy) is 2. The van der Waals surface area contributed by atoms with Crippen molar-refractivity contribution in [2.45, 2.75) is 32.2 Å². The van der Waals surface area contributed by atoms with Crippen LogP contribution >= 0.6 is 0 Å². The smallest absolute Gasteiger partial charge is 0.254 e. The van der Waals surface area contributed by atoms with E-state index in [1.54, 1.807) is 0 Å². The third-order valence-corrected chi connectivity index (χ3v) is 5.68. The Kier molecular flexibility index (Phi) is 4.15. The molecule has 2 aromatic carbocycles. The summed E-state index contributed by atoms with van der Waals surface area (Å²) >= 11 is 0. The molecule has 0 N–H and O–H groups in total. The van der Waals surface area contributed by atoms with Crippen LogP contribution < -0.4 is 9.47 Å². The number of carbonyl (C=O) groups excluding carboxylic acids is 1. The van der Waals surface area contributed by atoms with Gasteiger partial charge >= 0.3 is 0 Å². The summed E-state index contributed by atoms with van der Waals surface area (Å²) in [7, 11) is 0. The molecule has 5 heteroatoms. The highest BCUT2D eigenvalue weighted by molar-refractivity contribution is 6.07. The fraction of sp³-hybridized carbons (Fsp3) is 0.304. The first-order valence-electron chi connectivity index (χ1n) is 9.81. The Morgan fingerprint density at radius 1 is 1.07 bits per heavy atom. The summed E-state index contributed by atoms with van der Waals surface area (Å²) in [5.41, 5.74) is 3.22. The summed E-state index contributed by atoms with van der Waals surface area (Å²) in [5, 5.41) is 0.898. The predicted molar refractivity (Wildman–Crippen MR) is 108 cm³/mol. The number of hydrogen-bond donors (Lipinski definition) is 0. The van der Waals surface area contributed by atoms with Crippen molar-refractivity contribution < 1.29 is 14.3 Å². The molecule has 1 atom stereocenters. The van der Waals surface area contributed by atoms with E-state index >= 15 is 0 Å². The van der Waals surface area contributed by atoms with Crippen molar-refractivity contribution in [1.29, 1.82) is 0 Å². The Morgan fingerprint density at radius 2 is 1.93 bits per heavy atom. The van der Waals surface area contributed by atoms with E-state index in [4.69, 9.17) is 14.5 Å². The minimum atomic E-state index is 0.0905. The van der Waals surface area contributed by atoms with E-state index in [2.05, 4.69) is 6.92 Å². The van der Waals surface area contributed by atoms with Crippen LogP contribution in [0.4, 0.5) is 0 Å².